The van der Waals surface area contributed by atoms with Crippen molar-refractivity contribution in [3.05, 3.63) is 60.1 Å². The van der Waals surface area contributed by atoms with E-state index >= 15 is 0 Å². The average Bonchev–Trinajstić information content (AvgIpc) is 3.36. The lowest BCUT2D eigenvalue weighted by Crippen LogP contribution is -2.24. The van der Waals surface area contributed by atoms with Crippen molar-refractivity contribution < 1.29 is 35.6 Å². The maximum absolute atomic E-state index is 13.0. The minimum Gasteiger partial charge on any atom is -0.447 e. The van der Waals surface area contributed by atoms with Crippen LogP contribution in [0.3, 0.4) is 0 Å². The molecule has 0 aliphatic carbocycles. The number of aromatic nitrogens is 4. The number of rotatable bonds is 5. The summed E-state index contributed by atoms with van der Waals surface area (Å²) in [5.74, 6) is -0.395. The highest BCUT2D eigenvalue weighted by Crippen LogP contribution is 2.38. The summed E-state index contributed by atoms with van der Waals surface area (Å²) in [6, 6.07) is 1.06. The first-order valence-corrected chi connectivity index (χ1v) is 8.45. The van der Waals surface area contributed by atoms with Gasteiger partial charge in [-0.1, -0.05) is 0 Å². The van der Waals surface area contributed by atoms with E-state index in [1.807, 2.05) is 0 Å². The Morgan fingerprint density at radius 2 is 1.77 bits per heavy atom. The Labute approximate surface area is 170 Å². The third-order valence-corrected chi connectivity index (χ3v) is 3.98. The van der Waals surface area contributed by atoms with Crippen LogP contribution in [0.2, 0.25) is 0 Å². The number of alkyl halides is 6. The second kappa shape index (κ2) is 8.24. The van der Waals surface area contributed by atoms with Crippen molar-refractivity contribution in [1.82, 2.24) is 24.6 Å². The van der Waals surface area contributed by atoms with Crippen LogP contribution in [0.4, 0.5) is 26.3 Å². The molecule has 0 N–H and O–H groups in total. The first-order valence-electron chi connectivity index (χ1n) is 8.45. The fourth-order valence-corrected chi connectivity index (χ4v) is 2.46. The second-order valence-corrected chi connectivity index (χ2v) is 6.32. The van der Waals surface area contributed by atoms with Gasteiger partial charge in [0.2, 0.25) is 5.91 Å². The Morgan fingerprint density at radius 1 is 1.13 bits per heavy atom. The van der Waals surface area contributed by atoms with E-state index in [9.17, 15) is 31.1 Å². The van der Waals surface area contributed by atoms with E-state index in [0.717, 1.165) is 23.3 Å². The van der Waals surface area contributed by atoms with Gasteiger partial charge in [0, 0.05) is 24.9 Å². The normalized spacial score (nSPS) is 12.5. The molecule has 0 aliphatic heterocycles. The van der Waals surface area contributed by atoms with E-state index in [1.165, 1.54) is 24.5 Å². The van der Waals surface area contributed by atoms with E-state index in [0.29, 0.717) is 17.9 Å². The molecule has 1 amide bonds. The zero-order valence-corrected chi connectivity index (χ0v) is 15.6. The molecule has 0 bridgehead atoms. The molecule has 3 rings (SSSR count). The number of oxazole rings is 1. The summed E-state index contributed by atoms with van der Waals surface area (Å²) in [6.45, 7) is 0.135. The lowest BCUT2D eigenvalue weighted by molar-refractivity contribution is -0.143. The number of hydrogen-bond acceptors (Lipinski definition) is 5. The molecule has 2 aromatic heterocycles. The molecule has 164 valence electrons. The number of carbonyl (C=O) groups excluding carboxylic acids is 1. The average molecular weight is 445 g/mol. The van der Waals surface area contributed by atoms with Gasteiger partial charge in [-0.2, -0.15) is 26.3 Å². The second-order valence-electron chi connectivity index (χ2n) is 6.32. The molecule has 0 fully saturated rings. The smallest absolute Gasteiger partial charge is 0.416 e. The monoisotopic (exact) mass is 445 g/mol. The highest BCUT2D eigenvalue weighted by Gasteiger charge is 2.37. The van der Waals surface area contributed by atoms with Crippen LogP contribution in [0.25, 0.3) is 17.6 Å². The van der Waals surface area contributed by atoms with Crippen LogP contribution in [0.5, 0.6) is 0 Å². The molecular formula is C18H13F6N5O2. The minimum atomic E-state index is -4.99. The van der Waals surface area contributed by atoms with Crippen molar-refractivity contribution in [2.75, 3.05) is 7.05 Å². The molecule has 31 heavy (non-hydrogen) atoms. The predicted octanol–water partition coefficient (Wildman–Crippen LogP) is 4.10. The zero-order chi connectivity index (χ0) is 22.8. The van der Waals surface area contributed by atoms with Gasteiger partial charge in [0.05, 0.1) is 23.9 Å². The van der Waals surface area contributed by atoms with Gasteiger partial charge < -0.3 is 9.32 Å². The number of hydrogen-bond donors (Lipinski definition) is 0. The summed E-state index contributed by atoms with van der Waals surface area (Å²) in [4.78, 5) is 20.8. The fraction of sp³-hybridized carbons (Fsp3) is 0.222. The molecular weight excluding hydrogens is 432 g/mol. The van der Waals surface area contributed by atoms with Gasteiger partial charge in [0.1, 0.15) is 12.1 Å². The van der Waals surface area contributed by atoms with Crippen LogP contribution < -0.4 is 0 Å². The molecule has 0 saturated carbocycles. The van der Waals surface area contributed by atoms with E-state index in [-0.39, 0.29) is 18.4 Å². The number of likely N-dealkylation sites (N-methyl/N-ethyl adjacent to an activating group) is 1. The third-order valence-electron chi connectivity index (χ3n) is 3.98. The Bertz CT molecular complexity index is 1050. The van der Waals surface area contributed by atoms with E-state index < -0.39 is 35.0 Å². The Hall–Kier alpha value is -3.64. The molecule has 0 spiro atoms. The maximum Gasteiger partial charge on any atom is 0.416 e. The zero-order valence-electron chi connectivity index (χ0n) is 15.6. The van der Waals surface area contributed by atoms with Crippen LogP contribution in [0, 0.1) is 0 Å². The number of amides is 1. The fourth-order valence-electron chi connectivity index (χ4n) is 2.46. The molecule has 2 heterocycles. The standard InChI is InChI=1S/C18H13F6N5O2/c1-28(8-14-7-25-10-31-14)15(30)2-3-29-9-26-16(27-29)11-4-12(17(19,20)21)6-13(5-11)18(22,23)24/h2-7,9-10H,8H2,1H3. The molecule has 7 nitrogen and oxygen atoms in total. The number of carbonyl (C=O) groups is 1. The number of nitrogens with zero attached hydrogens (tertiary/aromatic N) is 5. The summed E-state index contributed by atoms with van der Waals surface area (Å²) >= 11 is 0. The topological polar surface area (TPSA) is 77.0 Å². The first-order chi connectivity index (χ1) is 14.4. The molecule has 1 aromatic carbocycles. The van der Waals surface area contributed by atoms with Crippen molar-refractivity contribution in [3.8, 4) is 11.4 Å². The summed E-state index contributed by atoms with van der Waals surface area (Å²) in [5.41, 5.74) is -3.43. The molecule has 0 aliphatic rings. The highest BCUT2D eigenvalue weighted by atomic mass is 19.4. The number of benzene rings is 1. The molecule has 0 atom stereocenters. The minimum absolute atomic E-state index is 0.0173. The van der Waals surface area contributed by atoms with Crippen molar-refractivity contribution in [1.29, 1.82) is 0 Å². The van der Waals surface area contributed by atoms with Crippen LogP contribution >= 0.6 is 0 Å². The largest absolute Gasteiger partial charge is 0.447 e. The van der Waals surface area contributed by atoms with Gasteiger partial charge in [-0.15, -0.1) is 5.10 Å². The van der Waals surface area contributed by atoms with Crippen LogP contribution in [0.1, 0.15) is 16.9 Å². The molecule has 0 radical (unpaired) electrons. The molecule has 13 heteroatoms. The van der Waals surface area contributed by atoms with E-state index in [1.54, 1.807) is 0 Å². The van der Waals surface area contributed by atoms with Crippen molar-refractivity contribution >= 4 is 12.1 Å². The van der Waals surface area contributed by atoms with Crippen LogP contribution in [-0.4, -0.2) is 37.6 Å². The third kappa shape index (κ3) is 5.49. The summed E-state index contributed by atoms with van der Waals surface area (Å²) < 4.78 is 84.0. The maximum atomic E-state index is 13.0. The summed E-state index contributed by atoms with van der Waals surface area (Å²) in [5, 5.41) is 3.82. The summed E-state index contributed by atoms with van der Waals surface area (Å²) in [6.07, 6.45) is -4.03. The molecule has 3 aromatic rings. The quantitative estimate of drug-likeness (QED) is 0.437. The number of halogens is 6. The van der Waals surface area contributed by atoms with Gasteiger partial charge in [0.15, 0.2) is 12.2 Å². The molecule has 0 saturated heterocycles. The SMILES string of the molecule is CN(Cc1cnco1)C(=O)C=Cn1cnc(-c2cc(C(F)(F)F)cc(C(F)(F)F)c2)n1. The predicted molar refractivity (Wildman–Crippen MR) is 93.8 cm³/mol. The van der Waals surface area contributed by atoms with Gasteiger partial charge in [-0.25, -0.2) is 14.6 Å². The Balaban J connectivity index is 1.81. The molecule has 0 unspecified atom stereocenters. The van der Waals surface area contributed by atoms with Crippen molar-refractivity contribution in [2.24, 2.45) is 0 Å². The van der Waals surface area contributed by atoms with Gasteiger partial charge >= 0.3 is 12.4 Å². The van der Waals surface area contributed by atoms with Crippen LogP contribution in [-0.2, 0) is 23.7 Å². The van der Waals surface area contributed by atoms with Gasteiger partial charge in [0.25, 0.3) is 0 Å². The van der Waals surface area contributed by atoms with Gasteiger partial charge in [-0.3, -0.25) is 4.79 Å². The van der Waals surface area contributed by atoms with Crippen molar-refractivity contribution in [3.63, 3.8) is 0 Å². The lowest BCUT2D eigenvalue weighted by atomic mass is 10.0. The van der Waals surface area contributed by atoms with E-state index in [4.69, 9.17) is 4.42 Å². The highest BCUT2D eigenvalue weighted by molar-refractivity contribution is 5.89. The van der Waals surface area contributed by atoms with Crippen molar-refractivity contribution in [2.45, 2.75) is 18.9 Å². The van der Waals surface area contributed by atoms with Crippen LogP contribution in [0.15, 0.2) is 47.6 Å². The summed E-state index contributed by atoms with van der Waals surface area (Å²) in [7, 11) is 1.49. The Kier molecular flexibility index (Phi) is 5.86. The lowest BCUT2D eigenvalue weighted by Gasteiger charge is -2.13. The first kappa shape index (κ1) is 22.1. The van der Waals surface area contributed by atoms with E-state index in [2.05, 4.69) is 15.1 Å². The van der Waals surface area contributed by atoms with Gasteiger partial charge in [-0.05, 0) is 18.2 Å². The Morgan fingerprint density at radius 3 is 2.32 bits per heavy atom.